The SMILES string of the molecule is Cc1ccc2c(c1)C(CCN)c1cccc(F)c1-2. The normalized spacial score (nSPS) is 16.5. The topological polar surface area (TPSA) is 26.0 Å². The van der Waals surface area contributed by atoms with Crippen LogP contribution in [0.5, 0.6) is 0 Å². The predicted molar refractivity (Wildman–Crippen MR) is 72.1 cm³/mol. The molecule has 2 N–H and O–H groups in total. The molecule has 1 atom stereocenters. The van der Waals surface area contributed by atoms with Crippen LogP contribution in [0.15, 0.2) is 36.4 Å². The molecule has 0 amide bonds. The maximum absolute atomic E-state index is 14.1. The highest BCUT2D eigenvalue weighted by molar-refractivity contribution is 5.79. The standard InChI is InChI=1S/C16H16FN/c1-10-5-6-13-14(9-10)11(7-8-18)12-3-2-4-15(17)16(12)13/h2-6,9,11H,7-8,18H2,1H3. The number of benzene rings is 2. The second kappa shape index (κ2) is 4.21. The van der Waals surface area contributed by atoms with Crippen molar-refractivity contribution in [1.29, 1.82) is 0 Å². The van der Waals surface area contributed by atoms with Crippen molar-refractivity contribution < 1.29 is 4.39 Å². The minimum Gasteiger partial charge on any atom is -0.330 e. The van der Waals surface area contributed by atoms with Gasteiger partial charge in [0.15, 0.2) is 0 Å². The molecule has 1 aliphatic carbocycles. The number of fused-ring (bicyclic) bond motifs is 3. The zero-order valence-corrected chi connectivity index (χ0v) is 10.4. The van der Waals surface area contributed by atoms with Gasteiger partial charge in [-0.1, -0.05) is 35.9 Å². The third-order valence-corrected chi connectivity index (χ3v) is 3.73. The van der Waals surface area contributed by atoms with E-state index in [2.05, 4.69) is 13.0 Å². The zero-order chi connectivity index (χ0) is 12.7. The first-order valence-corrected chi connectivity index (χ1v) is 6.31. The van der Waals surface area contributed by atoms with Gasteiger partial charge in [-0.25, -0.2) is 4.39 Å². The Balaban J connectivity index is 2.27. The number of hydrogen-bond donors (Lipinski definition) is 1. The zero-order valence-electron chi connectivity index (χ0n) is 10.4. The lowest BCUT2D eigenvalue weighted by Crippen LogP contribution is -2.06. The Kier molecular flexibility index (Phi) is 2.67. The van der Waals surface area contributed by atoms with Crippen molar-refractivity contribution in [3.63, 3.8) is 0 Å². The highest BCUT2D eigenvalue weighted by Gasteiger charge is 2.29. The lowest BCUT2D eigenvalue weighted by molar-refractivity contribution is 0.629. The van der Waals surface area contributed by atoms with Crippen LogP contribution < -0.4 is 5.73 Å². The monoisotopic (exact) mass is 241 g/mol. The van der Waals surface area contributed by atoms with Crippen LogP contribution in [0.1, 0.15) is 29.0 Å². The van der Waals surface area contributed by atoms with Crippen LogP contribution in [0.3, 0.4) is 0 Å². The highest BCUT2D eigenvalue weighted by atomic mass is 19.1. The van der Waals surface area contributed by atoms with Crippen molar-refractivity contribution in [2.75, 3.05) is 6.54 Å². The van der Waals surface area contributed by atoms with Gasteiger partial charge in [0.2, 0.25) is 0 Å². The van der Waals surface area contributed by atoms with Crippen LogP contribution in [-0.4, -0.2) is 6.54 Å². The fourth-order valence-electron chi connectivity index (χ4n) is 2.96. The van der Waals surface area contributed by atoms with Gasteiger partial charge in [-0.05, 0) is 42.6 Å². The van der Waals surface area contributed by atoms with E-state index in [9.17, 15) is 4.39 Å². The molecule has 18 heavy (non-hydrogen) atoms. The van der Waals surface area contributed by atoms with E-state index in [1.165, 1.54) is 17.2 Å². The van der Waals surface area contributed by atoms with Crippen LogP contribution in [0.2, 0.25) is 0 Å². The smallest absolute Gasteiger partial charge is 0.131 e. The third-order valence-electron chi connectivity index (χ3n) is 3.73. The Morgan fingerprint density at radius 2 is 2.00 bits per heavy atom. The molecule has 2 aromatic carbocycles. The summed E-state index contributed by atoms with van der Waals surface area (Å²) < 4.78 is 14.1. The largest absolute Gasteiger partial charge is 0.330 e. The summed E-state index contributed by atoms with van der Waals surface area (Å²) in [6.45, 7) is 2.69. The molecule has 0 saturated carbocycles. The minimum absolute atomic E-state index is 0.128. The molecule has 0 radical (unpaired) electrons. The first-order valence-electron chi connectivity index (χ1n) is 6.31. The molecule has 0 spiro atoms. The van der Waals surface area contributed by atoms with Crippen molar-refractivity contribution in [3.8, 4) is 11.1 Å². The average Bonchev–Trinajstić information content (AvgIpc) is 2.66. The molecule has 92 valence electrons. The Morgan fingerprint density at radius 3 is 2.78 bits per heavy atom. The number of halogens is 1. The maximum atomic E-state index is 14.1. The number of aryl methyl sites for hydroxylation is 1. The molecule has 0 aliphatic heterocycles. The predicted octanol–water partition coefficient (Wildman–Crippen LogP) is 3.60. The van der Waals surface area contributed by atoms with Gasteiger partial charge < -0.3 is 5.73 Å². The summed E-state index contributed by atoms with van der Waals surface area (Å²) in [7, 11) is 0. The first kappa shape index (κ1) is 11.4. The lowest BCUT2D eigenvalue weighted by atomic mass is 9.93. The quantitative estimate of drug-likeness (QED) is 0.854. The molecular weight excluding hydrogens is 225 g/mol. The molecule has 0 bridgehead atoms. The molecule has 0 heterocycles. The summed E-state index contributed by atoms with van der Waals surface area (Å²) >= 11 is 0. The molecule has 1 nitrogen and oxygen atoms in total. The maximum Gasteiger partial charge on any atom is 0.131 e. The van der Waals surface area contributed by atoms with Crippen molar-refractivity contribution in [1.82, 2.24) is 0 Å². The molecular formula is C16H16FN. The molecule has 0 fully saturated rings. The highest BCUT2D eigenvalue weighted by Crippen LogP contribution is 2.47. The number of nitrogens with two attached hydrogens (primary N) is 1. The fourth-order valence-corrected chi connectivity index (χ4v) is 2.96. The van der Waals surface area contributed by atoms with Crippen LogP contribution in [0.25, 0.3) is 11.1 Å². The van der Waals surface area contributed by atoms with E-state index in [-0.39, 0.29) is 11.7 Å². The number of rotatable bonds is 2. The summed E-state index contributed by atoms with van der Waals surface area (Å²) in [5.41, 5.74) is 11.0. The van der Waals surface area contributed by atoms with Gasteiger partial charge in [0.25, 0.3) is 0 Å². The van der Waals surface area contributed by atoms with E-state index < -0.39 is 0 Å². The average molecular weight is 241 g/mol. The first-order chi connectivity index (χ1) is 8.72. The van der Waals surface area contributed by atoms with Crippen LogP contribution in [0, 0.1) is 12.7 Å². The van der Waals surface area contributed by atoms with Crippen molar-refractivity contribution in [2.45, 2.75) is 19.3 Å². The Morgan fingerprint density at radius 1 is 1.17 bits per heavy atom. The summed E-state index contributed by atoms with van der Waals surface area (Å²) in [6, 6.07) is 11.6. The van der Waals surface area contributed by atoms with E-state index in [4.69, 9.17) is 5.73 Å². The Bertz CT molecular complexity index is 604. The summed E-state index contributed by atoms with van der Waals surface area (Å²) in [4.78, 5) is 0. The van der Waals surface area contributed by atoms with Crippen LogP contribution in [-0.2, 0) is 0 Å². The second-order valence-corrected chi connectivity index (χ2v) is 4.92. The molecule has 0 saturated heterocycles. The van der Waals surface area contributed by atoms with E-state index in [0.29, 0.717) is 6.54 Å². The van der Waals surface area contributed by atoms with E-state index >= 15 is 0 Å². The van der Waals surface area contributed by atoms with E-state index in [1.807, 2.05) is 18.2 Å². The van der Waals surface area contributed by atoms with Crippen molar-refractivity contribution in [3.05, 3.63) is 58.9 Å². The van der Waals surface area contributed by atoms with Crippen molar-refractivity contribution >= 4 is 0 Å². The molecule has 1 aliphatic rings. The van der Waals surface area contributed by atoms with Gasteiger partial charge in [0.1, 0.15) is 5.82 Å². The van der Waals surface area contributed by atoms with Crippen LogP contribution >= 0.6 is 0 Å². The third kappa shape index (κ3) is 1.57. The van der Waals surface area contributed by atoms with Crippen molar-refractivity contribution in [2.24, 2.45) is 5.73 Å². The number of hydrogen-bond acceptors (Lipinski definition) is 1. The lowest BCUT2D eigenvalue weighted by Gasteiger charge is -2.12. The van der Waals surface area contributed by atoms with Crippen LogP contribution in [0.4, 0.5) is 4.39 Å². The van der Waals surface area contributed by atoms with Gasteiger partial charge in [-0.15, -0.1) is 0 Å². The molecule has 2 heteroatoms. The Labute approximate surface area is 106 Å². The minimum atomic E-state index is -0.128. The Hall–Kier alpha value is -1.67. The van der Waals surface area contributed by atoms with E-state index in [1.54, 1.807) is 6.07 Å². The summed E-state index contributed by atoms with van der Waals surface area (Å²) in [5.74, 6) is 0.118. The van der Waals surface area contributed by atoms with Gasteiger partial charge >= 0.3 is 0 Å². The molecule has 3 rings (SSSR count). The molecule has 1 unspecified atom stereocenters. The summed E-state index contributed by atoms with van der Waals surface area (Å²) in [6.07, 6.45) is 0.868. The van der Waals surface area contributed by atoms with Gasteiger partial charge in [-0.2, -0.15) is 0 Å². The van der Waals surface area contributed by atoms with Gasteiger partial charge in [-0.3, -0.25) is 0 Å². The van der Waals surface area contributed by atoms with Gasteiger partial charge in [0, 0.05) is 11.5 Å². The summed E-state index contributed by atoms with van der Waals surface area (Å²) in [5, 5.41) is 0. The fraction of sp³-hybridized carbons (Fsp3) is 0.250. The van der Waals surface area contributed by atoms with E-state index in [0.717, 1.165) is 23.1 Å². The van der Waals surface area contributed by atoms with Gasteiger partial charge in [0.05, 0.1) is 0 Å². The molecule has 0 aromatic heterocycles. The molecule has 2 aromatic rings. The second-order valence-electron chi connectivity index (χ2n) is 4.92.